The Labute approximate surface area is 177 Å². The maximum atomic E-state index is 14.2. The van der Waals surface area contributed by atoms with Gasteiger partial charge < -0.3 is 9.88 Å². The van der Waals surface area contributed by atoms with Crippen LogP contribution in [-0.2, 0) is 6.54 Å². The van der Waals surface area contributed by atoms with Gasteiger partial charge in [-0.15, -0.1) is 5.10 Å². The van der Waals surface area contributed by atoms with Gasteiger partial charge >= 0.3 is 0 Å². The Kier molecular flexibility index (Phi) is 5.40. The van der Waals surface area contributed by atoms with Crippen molar-refractivity contribution in [1.29, 1.82) is 0 Å². The average Bonchev–Trinajstić information content (AvgIpc) is 3.16. The molecule has 0 unspecified atom stereocenters. The third kappa shape index (κ3) is 4.25. The van der Waals surface area contributed by atoms with Crippen molar-refractivity contribution in [3.05, 3.63) is 99.5 Å². The molecule has 0 aliphatic rings. The fourth-order valence-electron chi connectivity index (χ4n) is 3.25. The van der Waals surface area contributed by atoms with Crippen molar-refractivity contribution in [1.82, 2.24) is 24.8 Å². The van der Waals surface area contributed by atoms with Gasteiger partial charge in [0.1, 0.15) is 17.1 Å². The number of carbonyl (C=O) groups is 1. The van der Waals surface area contributed by atoms with Gasteiger partial charge in [-0.2, -0.15) is 4.68 Å². The van der Waals surface area contributed by atoms with Gasteiger partial charge in [0.25, 0.3) is 11.5 Å². The molecule has 0 aliphatic heterocycles. The molecule has 0 bridgehead atoms. The van der Waals surface area contributed by atoms with E-state index < -0.39 is 17.3 Å². The van der Waals surface area contributed by atoms with E-state index in [-0.39, 0.29) is 11.3 Å². The molecule has 4 rings (SSSR count). The van der Waals surface area contributed by atoms with Gasteiger partial charge in [0, 0.05) is 11.9 Å². The molecule has 2 aromatic heterocycles. The van der Waals surface area contributed by atoms with E-state index in [1.807, 2.05) is 31.2 Å². The molecule has 2 heterocycles. The van der Waals surface area contributed by atoms with Crippen LogP contribution < -0.4 is 10.9 Å². The van der Waals surface area contributed by atoms with Crippen molar-refractivity contribution >= 4 is 11.6 Å². The normalized spacial score (nSPS) is 10.8. The number of benzene rings is 2. The highest BCUT2D eigenvalue weighted by Gasteiger charge is 2.15. The van der Waals surface area contributed by atoms with E-state index >= 15 is 0 Å². The predicted molar refractivity (Wildman–Crippen MR) is 113 cm³/mol. The molecule has 0 saturated heterocycles. The molecule has 8 nitrogen and oxygen atoms in total. The molecule has 1 N–H and O–H groups in total. The molecule has 4 aromatic rings. The summed E-state index contributed by atoms with van der Waals surface area (Å²) in [4.78, 5) is 25.6. The van der Waals surface area contributed by atoms with Crippen LogP contribution in [0.2, 0.25) is 0 Å². The van der Waals surface area contributed by atoms with E-state index in [0.717, 1.165) is 11.1 Å². The zero-order chi connectivity index (χ0) is 22.0. The highest BCUT2D eigenvalue weighted by Crippen LogP contribution is 2.19. The minimum absolute atomic E-state index is 0.0142. The molecule has 2 aromatic carbocycles. The van der Waals surface area contributed by atoms with Crippen LogP contribution in [0.25, 0.3) is 5.69 Å². The first kappa shape index (κ1) is 20.1. The quantitative estimate of drug-likeness (QED) is 0.538. The molecule has 0 saturated carbocycles. The lowest BCUT2D eigenvalue weighted by atomic mass is 10.1. The number of hydrogen-bond acceptors (Lipinski definition) is 5. The van der Waals surface area contributed by atoms with Crippen LogP contribution in [0.3, 0.4) is 0 Å². The highest BCUT2D eigenvalue weighted by atomic mass is 19.1. The zero-order valence-electron chi connectivity index (χ0n) is 16.9. The second-order valence-corrected chi connectivity index (χ2v) is 7.10. The summed E-state index contributed by atoms with van der Waals surface area (Å²) in [6.07, 6.45) is 1.64. The largest absolute Gasteiger partial charge is 0.322 e. The number of tetrazole rings is 1. The minimum Gasteiger partial charge on any atom is -0.322 e. The van der Waals surface area contributed by atoms with Gasteiger partial charge in [-0.1, -0.05) is 29.8 Å². The zero-order valence-corrected chi connectivity index (χ0v) is 16.9. The van der Waals surface area contributed by atoms with E-state index in [0.29, 0.717) is 18.1 Å². The van der Waals surface area contributed by atoms with Crippen molar-refractivity contribution in [2.24, 2.45) is 0 Å². The molecule has 0 radical (unpaired) electrons. The topological polar surface area (TPSA) is 94.7 Å². The Morgan fingerprint density at radius 1 is 1.10 bits per heavy atom. The standard InChI is InChI=1S/C22H19FN6O2/c1-14-5-3-6-16(11-14)13-28-10-4-7-18(22(28)31)21(30)24-17-8-9-19(23)20(12-17)29-15(2)25-26-27-29/h3-12H,13H2,1-2H3,(H,24,30). The molecule has 9 heteroatoms. The number of aryl methyl sites for hydroxylation is 2. The summed E-state index contributed by atoms with van der Waals surface area (Å²) in [5, 5.41) is 13.6. The van der Waals surface area contributed by atoms with Crippen molar-refractivity contribution < 1.29 is 9.18 Å². The maximum Gasteiger partial charge on any atom is 0.263 e. The number of nitrogens with one attached hydrogen (secondary N) is 1. The highest BCUT2D eigenvalue weighted by molar-refractivity contribution is 6.04. The molecule has 156 valence electrons. The Morgan fingerprint density at radius 2 is 1.94 bits per heavy atom. The molecular weight excluding hydrogens is 399 g/mol. The van der Waals surface area contributed by atoms with Crippen molar-refractivity contribution in [2.45, 2.75) is 20.4 Å². The van der Waals surface area contributed by atoms with Crippen LogP contribution in [0.15, 0.2) is 65.6 Å². The summed E-state index contributed by atoms with van der Waals surface area (Å²) in [7, 11) is 0. The molecule has 0 aliphatic carbocycles. The summed E-state index contributed by atoms with van der Waals surface area (Å²) in [5.74, 6) is -0.743. The number of halogens is 1. The first-order valence-corrected chi connectivity index (χ1v) is 9.53. The Hall–Kier alpha value is -4.14. The fraction of sp³-hybridized carbons (Fsp3) is 0.136. The van der Waals surface area contributed by atoms with Crippen LogP contribution in [0.5, 0.6) is 0 Å². The number of anilines is 1. The SMILES string of the molecule is Cc1cccc(Cn2cccc(C(=O)Nc3ccc(F)c(-n4nnnc4C)c3)c2=O)c1. The first-order chi connectivity index (χ1) is 14.9. The van der Waals surface area contributed by atoms with E-state index in [9.17, 15) is 14.0 Å². The van der Waals surface area contributed by atoms with E-state index in [1.165, 1.54) is 33.5 Å². The second-order valence-electron chi connectivity index (χ2n) is 7.10. The minimum atomic E-state index is -0.588. The lowest BCUT2D eigenvalue weighted by Gasteiger charge is -2.11. The van der Waals surface area contributed by atoms with Gasteiger partial charge in [0.05, 0.1) is 6.54 Å². The lowest BCUT2D eigenvalue weighted by Crippen LogP contribution is -2.29. The molecule has 1 amide bonds. The third-order valence-corrected chi connectivity index (χ3v) is 4.76. The van der Waals surface area contributed by atoms with Crippen molar-refractivity contribution in [2.75, 3.05) is 5.32 Å². The van der Waals surface area contributed by atoms with Crippen molar-refractivity contribution in [3.63, 3.8) is 0 Å². The summed E-state index contributed by atoms with van der Waals surface area (Å²) < 4.78 is 16.9. The van der Waals surface area contributed by atoms with Gasteiger partial charge in [-0.3, -0.25) is 9.59 Å². The smallest absolute Gasteiger partial charge is 0.263 e. The van der Waals surface area contributed by atoms with Gasteiger partial charge in [-0.25, -0.2) is 4.39 Å². The number of aromatic nitrogens is 5. The third-order valence-electron chi connectivity index (χ3n) is 4.76. The summed E-state index contributed by atoms with van der Waals surface area (Å²) in [6, 6.07) is 14.9. The van der Waals surface area contributed by atoms with E-state index in [2.05, 4.69) is 20.8 Å². The Bertz CT molecular complexity index is 1330. The predicted octanol–water partition coefficient (Wildman–Crippen LogP) is 2.88. The van der Waals surface area contributed by atoms with Crippen LogP contribution in [-0.4, -0.2) is 30.7 Å². The van der Waals surface area contributed by atoms with Crippen LogP contribution in [0.4, 0.5) is 10.1 Å². The number of nitrogens with zero attached hydrogens (tertiary/aromatic N) is 5. The number of carbonyl (C=O) groups excluding carboxylic acids is 1. The van der Waals surface area contributed by atoms with Gasteiger partial charge in [-0.05, 0) is 60.2 Å². The average molecular weight is 418 g/mol. The number of amides is 1. The Balaban J connectivity index is 1.60. The second kappa shape index (κ2) is 8.31. The fourth-order valence-corrected chi connectivity index (χ4v) is 3.25. The number of rotatable bonds is 5. The number of pyridine rings is 1. The maximum absolute atomic E-state index is 14.2. The molecule has 0 atom stereocenters. The van der Waals surface area contributed by atoms with Crippen LogP contribution >= 0.6 is 0 Å². The number of hydrogen-bond donors (Lipinski definition) is 1. The molecule has 31 heavy (non-hydrogen) atoms. The van der Waals surface area contributed by atoms with E-state index in [4.69, 9.17) is 0 Å². The summed E-state index contributed by atoms with van der Waals surface area (Å²) >= 11 is 0. The molecular formula is C22H19FN6O2. The summed E-state index contributed by atoms with van der Waals surface area (Å²) in [6.45, 7) is 3.95. The lowest BCUT2D eigenvalue weighted by molar-refractivity contribution is 0.102. The van der Waals surface area contributed by atoms with E-state index in [1.54, 1.807) is 19.2 Å². The van der Waals surface area contributed by atoms with Gasteiger partial charge in [0.2, 0.25) is 0 Å². The Morgan fingerprint density at radius 3 is 2.68 bits per heavy atom. The van der Waals surface area contributed by atoms with Crippen molar-refractivity contribution in [3.8, 4) is 5.69 Å². The molecule has 0 fully saturated rings. The molecule has 0 spiro atoms. The van der Waals surface area contributed by atoms with Crippen LogP contribution in [0.1, 0.15) is 27.3 Å². The van der Waals surface area contributed by atoms with Gasteiger partial charge in [0.15, 0.2) is 5.82 Å². The monoisotopic (exact) mass is 418 g/mol. The first-order valence-electron chi connectivity index (χ1n) is 9.53. The summed E-state index contributed by atoms with van der Waals surface area (Å²) in [5.41, 5.74) is 2.01. The van der Waals surface area contributed by atoms with Crippen LogP contribution in [0, 0.1) is 19.7 Å².